The molecule has 1 aliphatic carbocycles. The van der Waals surface area contributed by atoms with Gasteiger partial charge in [0.25, 0.3) is 0 Å². The fourth-order valence-electron chi connectivity index (χ4n) is 7.67. The van der Waals surface area contributed by atoms with Gasteiger partial charge in [0.2, 0.25) is 5.95 Å². The highest BCUT2D eigenvalue weighted by atomic mass is 32.2. The van der Waals surface area contributed by atoms with Crippen molar-refractivity contribution in [1.29, 1.82) is 0 Å². The van der Waals surface area contributed by atoms with Gasteiger partial charge in [-0.3, -0.25) is 4.90 Å². The number of benzene rings is 6. The monoisotopic (exact) mass is 637 g/mol. The molecule has 0 bridgehead atoms. The lowest BCUT2D eigenvalue weighted by Crippen LogP contribution is -2.38. The van der Waals surface area contributed by atoms with Crippen LogP contribution in [0.25, 0.3) is 64.6 Å². The van der Waals surface area contributed by atoms with E-state index in [1.165, 1.54) is 37.2 Å². The number of rotatable bonds is 2. The molecule has 0 fully saturated rings. The second kappa shape index (κ2) is 9.32. The van der Waals surface area contributed by atoms with Crippen molar-refractivity contribution in [3.63, 3.8) is 0 Å². The molecule has 1 aliphatic heterocycles. The van der Waals surface area contributed by atoms with Gasteiger partial charge in [0.15, 0.2) is 4.87 Å². The lowest BCUT2D eigenvalue weighted by atomic mass is 10.0. The van der Waals surface area contributed by atoms with Crippen molar-refractivity contribution < 1.29 is 4.42 Å². The summed E-state index contributed by atoms with van der Waals surface area (Å²) in [6.45, 7) is 0. The molecule has 0 radical (unpaired) electrons. The normalized spacial score (nSPS) is 14.4. The van der Waals surface area contributed by atoms with E-state index >= 15 is 0 Å². The fourth-order valence-corrected chi connectivity index (χ4v) is 10.3. The second-order valence-electron chi connectivity index (χ2n) is 12.1. The summed E-state index contributed by atoms with van der Waals surface area (Å²) in [5, 5.41) is 4.45. The molecule has 11 rings (SSSR count). The Morgan fingerprint density at radius 3 is 2.13 bits per heavy atom. The molecule has 9 aromatic rings. The quantitative estimate of drug-likeness (QED) is 0.189. The lowest BCUT2D eigenvalue weighted by molar-refractivity contribution is 0.669. The molecule has 220 valence electrons. The Hall–Kier alpha value is -5.43. The predicted octanol–water partition coefficient (Wildman–Crippen LogP) is 11.5. The minimum absolute atomic E-state index is 0.552. The molecule has 0 N–H and O–H groups in total. The Labute approximate surface area is 277 Å². The summed E-state index contributed by atoms with van der Waals surface area (Å²) in [5.74, 6) is 0.695. The van der Waals surface area contributed by atoms with Crippen molar-refractivity contribution in [3.05, 3.63) is 151 Å². The number of thioether (sulfide) groups is 1. The van der Waals surface area contributed by atoms with E-state index in [0.717, 1.165) is 49.1 Å². The summed E-state index contributed by atoms with van der Waals surface area (Å²) >= 11 is 3.62. The molecule has 47 heavy (non-hydrogen) atoms. The van der Waals surface area contributed by atoms with Crippen LogP contribution in [-0.2, 0) is 4.87 Å². The van der Waals surface area contributed by atoms with Crippen LogP contribution in [0.3, 0.4) is 0 Å². The first-order chi connectivity index (χ1) is 23.3. The van der Waals surface area contributed by atoms with E-state index in [1.807, 2.05) is 23.9 Å². The van der Waals surface area contributed by atoms with E-state index < -0.39 is 4.87 Å². The second-order valence-corrected chi connectivity index (χ2v) is 14.4. The fraction of sp³-hybridized carbons (Fsp3) is 0.0244. The first-order valence-corrected chi connectivity index (χ1v) is 17.3. The van der Waals surface area contributed by atoms with Gasteiger partial charge in [-0.25, -0.2) is 9.97 Å². The van der Waals surface area contributed by atoms with E-state index in [4.69, 9.17) is 14.4 Å². The Morgan fingerprint density at radius 1 is 0.596 bits per heavy atom. The maximum atomic E-state index is 6.22. The van der Waals surface area contributed by atoms with Gasteiger partial charge in [0.05, 0.1) is 11.4 Å². The van der Waals surface area contributed by atoms with Crippen molar-refractivity contribution in [2.45, 2.75) is 9.77 Å². The van der Waals surface area contributed by atoms with E-state index in [1.54, 1.807) is 11.3 Å². The number of fused-ring (bicyclic) bond motifs is 12. The molecule has 4 heterocycles. The average Bonchev–Trinajstić information content (AvgIpc) is 3.86. The van der Waals surface area contributed by atoms with Gasteiger partial charge in [0.1, 0.15) is 16.0 Å². The van der Waals surface area contributed by atoms with Crippen molar-refractivity contribution in [2.75, 3.05) is 4.90 Å². The minimum Gasteiger partial charge on any atom is -0.456 e. The summed E-state index contributed by atoms with van der Waals surface area (Å²) in [5.41, 5.74) is 9.89. The molecule has 0 saturated carbocycles. The van der Waals surface area contributed by atoms with Crippen LogP contribution in [0.15, 0.2) is 149 Å². The number of hydrogen-bond acceptors (Lipinski definition) is 6. The van der Waals surface area contributed by atoms with Crippen LogP contribution in [0.1, 0.15) is 11.1 Å². The highest BCUT2D eigenvalue weighted by molar-refractivity contribution is 8.01. The molecule has 0 amide bonds. The topological polar surface area (TPSA) is 42.2 Å². The molecular weight excluding hydrogens is 615 g/mol. The zero-order valence-electron chi connectivity index (χ0n) is 24.8. The molecule has 1 spiro atoms. The van der Waals surface area contributed by atoms with Gasteiger partial charge in [0, 0.05) is 47.8 Å². The number of furan rings is 1. The molecule has 2 aliphatic rings. The van der Waals surface area contributed by atoms with Crippen LogP contribution >= 0.6 is 23.1 Å². The number of hydrogen-bond donors (Lipinski definition) is 0. The standard InChI is InChI=1S/C41H23N3OS2/c1-5-15-30-25(11-1)26-12-2-6-16-31(26)41(30)44(32-17-7-10-20-36(32)47-41)40-42-38(37-28-14-4-9-19-35(28)46-39(37)43-40)24-21-22-34-29(23-24)27-13-3-8-18-33(27)45-34/h1-23H. The Balaban J connectivity index is 1.24. The van der Waals surface area contributed by atoms with Crippen molar-refractivity contribution in [3.8, 4) is 22.4 Å². The number of para-hydroxylation sites is 2. The van der Waals surface area contributed by atoms with Gasteiger partial charge in [-0.15, -0.1) is 11.3 Å². The highest BCUT2D eigenvalue weighted by Gasteiger charge is 2.54. The van der Waals surface area contributed by atoms with Crippen LogP contribution in [-0.4, -0.2) is 9.97 Å². The third-order valence-electron chi connectivity index (χ3n) is 9.63. The number of nitrogens with zero attached hydrogens (tertiary/aromatic N) is 3. The third-order valence-corrected chi connectivity index (χ3v) is 12.2. The Kier molecular flexibility index (Phi) is 5.10. The van der Waals surface area contributed by atoms with E-state index in [-0.39, 0.29) is 0 Å². The van der Waals surface area contributed by atoms with E-state index in [0.29, 0.717) is 5.95 Å². The van der Waals surface area contributed by atoms with Gasteiger partial charge >= 0.3 is 0 Å². The molecule has 0 atom stereocenters. The number of anilines is 2. The molecule has 3 aromatic heterocycles. The van der Waals surface area contributed by atoms with Gasteiger partial charge < -0.3 is 4.42 Å². The summed E-state index contributed by atoms with van der Waals surface area (Å²) in [6, 6.07) is 49.6. The van der Waals surface area contributed by atoms with Crippen molar-refractivity contribution in [2.24, 2.45) is 0 Å². The number of thiophene rings is 1. The van der Waals surface area contributed by atoms with Crippen molar-refractivity contribution >= 4 is 77.0 Å². The van der Waals surface area contributed by atoms with Gasteiger partial charge in [-0.05, 0) is 53.6 Å². The third kappa shape index (κ3) is 3.38. The van der Waals surface area contributed by atoms with Crippen LogP contribution < -0.4 is 4.90 Å². The largest absolute Gasteiger partial charge is 0.456 e. The summed E-state index contributed by atoms with van der Waals surface area (Å²) in [7, 11) is 0. The van der Waals surface area contributed by atoms with Crippen LogP contribution in [0.2, 0.25) is 0 Å². The first kappa shape index (κ1) is 25.7. The van der Waals surface area contributed by atoms with Crippen LogP contribution in [0.5, 0.6) is 0 Å². The van der Waals surface area contributed by atoms with Gasteiger partial charge in [-0.1, -0.05) is 109 Å². The van der Waals surface area contributed by atoms with Crippen LogP contribution in [0.4, 0.5) is 11.6 Å². The summed E-state index contributed by atoms with van der Waals surface area (Å²) < 4.78 is 7.42. The first-order valence-electron chi connectivity index (χ1n) is 15.7. The predicted molar refractivity (Wildman–Crippen MR) is 195 cm³/mol. The minimum atomic E-state index is -0.552. The summed E-state index contributed by atoms with van der Waals surface area (Å²) in [4.78, 5) is 15.1. The average molecular weight is 638 g/mol. The zero-order valence-corrected chi connectivity index (χ0v) is 26.5. The molecular formula is C41H23N3OS2. The maximum absolute atomic E-state index is 6.22. The van der Waals surface area contributed by atoms with E-state index in [2.05, 4.69) is 132 Å². The molecule has 6 aromatic carbocycles. The smallest absolute Gasteiger partial charge is 0.233 e. The Morgan fingerprint density at radius 2 is 1.28 bits per heavy atom. The molecule has 6 heteroatoms. The maximum Gasteiger partial charge on any atom is 0.233 e. The summed E-state index contributed by atoms with van der Waals surface area (Å²) in [6.07, 6.45) is 0. The molecule has 0 unspecified atom stereocenters. The van der Waals surface area contributed by atoms with Crippen molar-refractivity contribution in [1.82, 2.24) is 9.97 Å². The zero-order chi connectivity index (χ0) is 30.7. The van der Waals surface area contributed by atoms with Gasteiger partial charge in [-0.2, -0.15) is 0 Å². The Bertz CT molecular complexity index is 2720. The van der Waals surface area contributed by atoms with Crippen LogP contribution in [0, 0.1) is 0 Å². The molecule has 0 saturated heterocycles. The SMILES string of the molecule is c1ccc2c(c1)SC1(c3ccccc3-c3ccccc31)N2c1nc(-c2ccc3oc4ccccc4c3c2)c2c(n1)sc1ccccc12. The highest BCUT2D eigenvalue weighted by Crippen LogP contribution is 2.66. The van der Waals surface area contributed by atoms with E-state index in [9.17, 15) is 0 Å². The number of aromatic nitrogens is 2. The lowest BCUT2D eigenvalue weighted by Gasteiger charge is -2.36. The molecule has 4 nitrogen and oxygen atoms in total.